The number of nitrogens with zero attached hydrogens (tertiary/aromatic N) is 1. The van der Waals surface area contributed by atoms with E-state index in [1.54, 1.807) is 25.1 Å². The van der Waals surface area contributed by atoms with Crippen molar-refractivity contribution in [1.82, 2.24) is 4.90 Å². The van der Waals surface area contributed by atoms with Gasteiger partial charge in [0.25, 0.3) is 5.91 Å². The minimum atomic E-state index is -0.686. The summed E-state index contributed by atoms with van der Waals surface area (Å²) in [7, 11) is 0. The van der Waals surface area contributed by atoms with Gasteiger partial charge in [-0.3, -0.25) is 4.79 Å². The molecular weight excluding hydrogens is 278 g/mol. The summed E-state index contributed by atoms with van der Waals surface area (Å²) < 4.78 is 5.56. The lowest BCUT2D eigenvalue weighted by Crippen LogP contribution is -2.38. The minimum absolute atomic E-state index is 0.00134. The Labute approximate surface area is 124 Å². The van der Waals surface area contributed by atoms with Crippen LogP contribution in [0.1, 0.15) is 37.9 Å². The molecule has 1 aromatic rings. The maximum atomic E-state index is 12.0. The van der Waals surface area contributed by atoms with Gasteiger partial charge in [-0.25, -0.2) is 0 Å². The number of benzene rings is 1. The van der Waals surface area contributed by atoms with Crippen LogP contribution in [0, 0.1) is 0 Å². The van der Waals surface area contributed by atoms with Crippen LogP contribution in [0.2, 0.25) is 5.02 Å². The van der Waals surface area contributed by atoms with E-state index >= 15 is 0 Å². The summed E-state index contributed by atoms with van der Waals surface area (Å²) in [5.74, 6) is 0.506. The molecule has 1 unspecified atom stereocenters. The molecule has 1 aliphatic heterocycles. The Bertz CT molecular complexity index is 470. The fraction of sp³-hybridized carbons (Fsp3) is 0.533. The number of rotatable bonds is 4. The summed E-state index contributed by atoms with van der Waals surface area (Å²) in [6.07, 6.45) is 2.62. The first-order chi connectivity index (χ1) is 9.58. The lowest BCUT2D eigenvalue weighted by Gasteiger charge is -2.26. The Morgan fingerprint density at radius 3 is 2.75 bits per heavy atom. The zero-order valence-electron chi connectivity index (χ0n) is 11.6. The molecule has 2 rings (SSSR count). The Morgan fingerprint density at radius 2 is 2.10 bits per heavy atom. The minimum Gasteiger partial charge on any atom is -0.483 e. The molecule has 1 N–H and O–H groups in total. The van der Waals surface area contributed by atoms with Crippen LogP contribution in [0.3, 0.4) is 0 Å². The van der Waals surface area contributed by atoms with Crippen LogP contribution in [0.15, 0.2) is 18.2 Å². The molecule has 0 radical (unpaired) electrons. The van der Waals surface area contributed by atoms with E-state index in [0.29, 0.717) is 16.3 Å². The van der Waals surface area contributed by atoms with Crippen LogP contribution in [-0.2, 0) is 4.79 Å². The molecule has 0 aromatic heterocycles. The Morgan fingerprint density at radius 1 is 1.40 bits per heavy atom. The van der Waals surface area contributed by atoms with Crippen LogP contribution in [0.4, 0.5) is 0 Å². The van der Waals surface area contributed by atoms with Gasteiger partial charge in [0, 0.05) is 23.7 Å². The van der Waals surface area contributed by atoms with Gasteiger partial charge < -0.3 is 14.7 Å². The van der Waals surface area contributed by atoms with Crippen molar-refractivity contribution in [3.63, 3.8) is 0 Å². The molecule has 1 heterocycles. The molecule has 1 aliphatic rings. The standard InChI is InChI=1S/C15H20ClNO3/c1-11(18)13-9-12(16)5-6-14(13)20-10-15(19)17-7-3-2-4-8-17/h5-6,9,11,18H,2-4,7-8,10H2,1H3. The summed E-state index contributed by atoms with van der Waals surface area (Å²) in [5, 5.41) is 10.2. The van der Waals surface area contributed by atoms with Crippen LogP contribution in [0.5, 0.6) is 5.75 Å². The van der Waals surface area contributed by atoms with Gasteiger partial charge in [-0.05, 0) is 44.4 Å². The number of amides is 1. The number of hydrogen-bond acceptors (Lipinski definition) is 3. The van der Waals surface area contributed by atoms with E-state index < -0.39 is 6.10 Å². The van der Waals surface area contributed by atoms with Crippen LogP contribution in [0.25, 0.3) is 0 Å². The van der Waals surface area contributed by atoms with Crippen molar-refractivity contribution in [3.8, 4) is 5.75 Å². The summed E-state index contributed by atoms with van der Waals surface area (Å²) in [6.45, 7) is 3.27. The first-order valence-corrected chi connectivity index (χ1v) is 7.34. The molecule has 0 bridgehead atoms. The average molecular weight is 298 g/mol. The maximum absolute atomic E-state index is 12.0. The molecule has 1 saturated heterocycles. The van der Waals surface area contributed by atoms with Crippen molar-refractivity contribution in [2.75, 3.05) is 19.7 Å². The summed E-state index contributed by atoms with van der Waals surface area (Å²) >= 11 is 5.90. The van der Waals surface area contributed by atoms with E-state index in [4.69, 9.17) is 16.3 Å². The highest BCUT2D eigenvalue weighted by Crippen LogP contribution is 2.28. The SMILES string of the molecule is CC(O)c1cc(Cl)ccc1OCC(=O)N1CCCCC1. The molecular formula is C15H20ClNO3. The van der Waals surface area contributed by atoms with E-state index in [-0.39, 0.29) is 12.5 Å². The first kappa shape index (κ1) is 15.1. The summed E-state index contributed by atoms with van der Waals surface area (Å²) in [6, 6.07) is 5.04. The number of carbonyl (C=O) groups is 1. The number of hydrogen-bond donors (Lipinski definition) is 1. The number of ether oxygens (including phenoxy) is 1. The van der Waals surface area contributed by atoms with Crippen molar-refractivity contribution < 1.29 is 14.6 Å². The van der Waals surface area contributed by atoms with Gasteiger partial charge in [-0.2, -0.15) is 0 Å². The Kier molecular flexibility index (Phi) is 5.26. The number of carbonyl (C=O) groups excluding carboxylic acids is 1. The predicted octanol–water partition coefficient (Wildman–Crippen LogP) is 2.78. The smallest absolute Gasteiger partial charge is 0.260 e. The molecule has 0 spiro atoms. The van der Waals surface area contributed by atoms with Crippen LogP contribution >= 0.6 is 11.6 Å². The van der Waals surface area contributed by atoms with Crippen molar-refractivity contribution in [2.45, 2.75) is 32.3 Å². The Hall–Kier alpha value is -1.26. The second-order valence-corrected chi connectivity index (χ2v) is 5.52. The molecule has 110 valence electrons. The highest BCUT2D eigenvalue weighted by molar-refractivity contribution is 6.30. The van der Waals surface area contributed by atoms with Gasteiger partial charge in [0.2, 0.25) is 0 Å². The third-order valence-electron chi connectivity index (χ3n) is 3.48. The fourth-order valence-electron chi connectivity index (χ4n) is 2.35. The third-order valence-corrected chi connectivity index (χ3v) is 3.72. The largest absolute Gasteiger partial charge is 0.483 e. The van der Waals surface area contributed by atoms with Crippen LogP contribution in [-0.4, -0.2) is 35.6 Å². The number of aliphatic hydroxyl groups is 1. The number of aliphatic hydroxyl groups excluding tert-OH is 1. The third kappa shape index (κ3) is 3.87. The first-order valence-electron chi connectivity index (χ1n) is 6.96. The van der Waals surface area contributed by atoms with Crippen molar-refractivity contribution in [3.05, 3.63) is 28.8 Å². The average Bonchev–Trinajstić information content (AvgIpc) is 2.46. The van der Waals surface area contributed by atoms with E-state index in [1.165, 1.54) is 6.42 Å². The molecule has 0 aliphatic carbocycles. The zero-order chi connectivity index (χ0) is 14.5. The van der Waals surface area contributed by atoms with E-state index in [1.807, 2.05) is 4.90 Å². The monoisotopic (exact) mass is 297 g/mol. The normalized spacial score (nSPS) is 16.9. The van der Waals surface area contributed by atoms with Crippen molar-refractivity contribution in [2.24, 2.45) is 0 Å². The maximum Gasteiger partial charge on any atom is 0.260 e. The molecule has 1 aromatic carbocycles. The van der Waals surface area contributed by atoms with Crippen molar-refractivity contribution >= 4 is 17.5 Å². The van der Waals surface area contributed by atoms with Crippen LogP contribution < -0.4 is 4.74 Å². The predicted molar refractivity (Wildman–Crippen MR) is 78.0 cm³/mol. The lowest BCUT2D eigenvalue weighted by molar-refractivity contribution is -0.134. The number of halogens is 1. The molecule has 0 saturated carbocycles. The number of likely N-dealkylation sites (tertiary alicyclic amines) is 1. The molecule has 20 heavy (non-hydrogen) atoms. The molecule has 4 nitrogen and oxygen atoms in total. The molecule has 1 fully saturated rings. The van der Waals surface area contributed by atoms with E-state index in [9.17, 15) is 9.90 Å². The number of piperidine rings is 1. The van der Waals surface area contributed by atoms with Gasteiger partial charge in [0.15, 0.2) is 6.61 Å². The Balaban J connectivity index is 1.98. The highest BCUT2D eigenvalue weighted by atomic mass is 35.5. The van der Waals surface area contributed by atoms with Crippen molar-refractivity contribution in [1.29, 1.82) is 0 Å². The van der Waals surface area contributed by atoms with Gasteiger partial charge in [0.05, 0.1) is 6.10 Å². The summed E-state index contributed by atoms with van der Waals surface area (Å²) in [4.78, 5) is 13.9. The highest BCUT2D eigenvalue weighted by Gasteiger charge is 2.18. The molecule has 5 heteroatoms. The van der Waals surface area contributed by atoms with E-state index in [2.05, 4.69) is 0 Å². The zero-order valence-corrected chi connectivity index (χ0v) is 12.4. The van der Waals surface area contributed by atoms with Gasteiger partial charge in [-0.15, -0.1) is 0 Å². The fourth-order valence-corrected chi connectivity index (χ4v) is 2.53. The topological polar surface area (TPSA) is 49.8 Å². The lowest BCUT2D eigenvalue weighted by atomic mass is 10.1. The second-order valence-electron chi connectivity index (χ2n) is 5.09. The molecule has 1 amide bonds. The second kappa shape index (κ2) is 6.95. The van der Waals surface area contributed by atoms with Gasteiger partial charge >= 0.3 is 0 Å². The van der Waals surface area contributed by atoms with Gasteiger partial charge in [-0.1, -0.05) is 11.6 Å². The molecule has 1 atom stereocenters. The van der Waals surface area contributed by atoms with E-state index in [0.717, 1.165) is 25.9 Å². The quantitative estimate of drug-likeness (QED) is 0.930. The summed E-state index contributed by atoms with van der Waals surface area (Å²) in [5.41, 5.74) is 0.601. The van der Waals surface area contributed by atoms with Gasteiger partial charge in [0.1, 0.15) is 5.75 Å².